The van der Waals surface area contributed by atoms with Crippen molar-refractivity contribution in [2.75, 3.05) is 0 Å². The number of fused-ring (bicyclic) bond motifs is 1. The summed E-state index contributed by atoms with van der Waals surface area (Å²) in [6.07, 6.45) is 1.62. The van der Waals surface area contributed by atoms with Crippen LogP contribution in [-0.2, 0) is 0 Å². The van der Waals surface area contributed by atoms with Crippen LogP contribution >= 0.6 is 23.2 Å². The van der Waals surface area contributed by atoms with Crippen molar-refractivity contribution < 1.29 is 9.21 Å². The fraction of sp³-hybridized carbons (Fsp3) is 0. The zero-order chi connectivity index (χ0) is 12.7. The van der Waals surface area contributed by atoms with Gasteiger partial charge in [-0.05, 0) is 29.8 Å². The Balaban J connectivity index is 2.15. The molecule has 0 aliphatic heterocycles. The molecule has 3 aromatic rings. The summed E-state index contributed by atoms with van der Waals surface area (Å²) < 4.78 is 5.12. The maximum Gasteiger partial charge on any atom is 0.230 e. The third-order valence-electron chi connectivity index (χ3n) is 2.71. The molecule has 3 rings (SSSR count). The van der Waals surface area contributed by atoms with E-state index in [-0.39, 0.29) is 16.8 Å². The van der Waals surface area contributed by atoms with E-state index in [0.29, 0.717) is 10.6 Å². The zero-order valence-electron chi connectivity index (χ0n) is 9.04. The lowest BCUT2D eigenvalue weighted by Gasteiger charge is -1.96. The molecule has 3 nitrogen and oxygen atoms in total. The monoisotopic (exact) mass is 279 g/mol. The summed E-state index contributed by atoms with van der Waals surface area (Å²) in [7, 11) is 0. The summed E-state index contributed by atoms with van der Waals surface area (Å²) in [4.78, 5) is 15.2. The van der Waals surface area contributed by atoms with E-state index in [1.807, 2.05) is 6.07 Å². The van der Waals surface area contributed by atoms with Crippen molar-refractivity contribution in [3.8, 4) is 0 Å². The van der Waals surface area contributed by atoms with E-state index in [1.165, 1.54) is 6.07 Å². The molecule has 0 saturated heterocycles. The maximum absolute atomic E-state index is 12.2. The summed E-state index contributed by atoms with van der Waals surface area (Å²) in [5, 5.41) is 1.53. The molecule has 18 heavy (non-hydrogen) atoms. The number of para-hydroxylation sites is 1. The molecule has 0 spiro atoms. The van der Waals surface area contributed by atoms with E-state index in [4.69, 9.17) is 27.6 Å². The van der Waals surface area contributed by atoms with Crippen molar-refractivity contribution in [1.82, 2.24) is 4.98 Å². The number of nitrogens with one attached hydrogen (secondary N) is 1. The first-order valence-corrected chi connectivity index (χ1v) is 5.98. The Kier molecular flexibility index (Phi) is 2.65. The number of carbonyl (C=O) groups excluding carboxylic acids is 1. The van der Waals surface area contributed by atoms with Crippen molar-refractivity contribution in [2.24, 2.45) is 0 Å². The molecule has 0 atom stereocenters. The first-order valence-electron chi connectivity index (χ1n) is 5.22. The van der Waals surface area contributed by atoms with E-state index in [2.05, 4.69) is 4.98 Å². The fourth-order valence-electron chi connectivity index (χ4n) is 1.87. The third-order valence-corrected chi connectivity index (χ3v) is 3.22. The smallest absolute Gasteiger partial charge is 0.230 e. The SMILES string of the molecule is O=C(c1ccc(Cl)o1)c1c[nH]c2c(Cl)cccc12. The van der Waals surface area contributed by atoms with Gasteiger partial charge in [-0.1, -0.05) is 23.7 Å². The minimum atomic E-state index is -0.226. The van der Waals surface area contributed by atoms with E-state index in [9.17, 15) is 4.79 Å². The number of ketones is 1. The van der Waals surface area contributed by atoms with Crippen LogP contribution in [0.25, 0.3) is 10.9 Å². The Morgan fingerprint density at radius 2 is 2.00 bits per heavy atom. The molecule has 0 amide bonds. The number of furan rings is 1. The highest BCUT2D eigenvalue weighted by Gasteiger charge is 2.18. The van der Waals surface area contributed by atoms with Gasteiger partial charge in [0.15, 0.2) is 11.0 Å². The normalized spacial score (nSPS) is 11.0. The van der Waals surface area contributed by atoms with Crippen LogP contribution in [0.5, 0.6) is 0 Å². The van der Waals surface area contributed by atoms with Gasteiger partial charge >= 0.3 is 0 Å². The van der Waals surface area contributed by atoms with Gasteiger partial charge in [0.05, 0.1) is 16.1 Å². The van der Waals surface area contributed by atoms with Crippen LogP contribution in [0.15, 0.2) is 40.9 Å². The third kappa shape index (κ3) is 1.72. The lowest BCUT2D eigenvalue weighted by Crippen LogP contribution is -1.97. The molecule has 0 aliphatic rings. The summed E-state index contributed by atoms with van der Waals surface area (Å²) >= 11 is 11.7. The molecular weight excluding hydrogens is 273 g/mol. The van der Waals surface area contributed by atoms with Gasteiger partial charge < -0.3 is 9.40 Å². The van der Waals surface area contributed by atoms with Crippen LogP contribution in [0.3, 0.4) is 0 Å². The van der Waals surface area contributed by atoms with Gasteiger partial charge in [0.1, 0.15) is 0 Å². The number of halogens is 2. The van der Waals surface area contributed by atoms with E-state index < -0.39 is 0 Å². The summed E-state index contributed by atoms with van der Waals surface area (Å²) in [6.45, 7) is 0. The number of aromatic nitrogens is 1. The Morgan fingerprint density at radius 3 is 2.72 bits per heavy atom. The number of aromatic amines is 1. The lowest BCUT2D eigenvalue weighted by atomic mass is 10.1. The predicted molar refractivity (Wildman–Crippen MR) is 70.5 cm³/mol. The van der Waals surface area contributed by atoms with Gasteiger partial charge in [-0.15, -0.1) is 0 Å². The van der Waals surface area contributed by atoms with Crippen LogP contribution in [0.2, 0.25) is 10.2 Å². The second-order valence-electron chi connectivity index (χ2n) is 3.80. The Labute approximate surface area is 112 Å². The van der Waals surface area contributed by atoms with E-state index >= 15 is 0 Å². The van der Waals surface area contributed by atoms with Gasteiger partial charge in [0.25, 0.3) is 0 Å². The topological polar surface area (TPSA) is 46.0 Å². The summed E-state index contributed by atoms with van der Waals surface area (Å²) in [5.41, 5.74) is 1.25. The van der Waals surface area contributed by atoms with Crippen molar-refractivity contribution in [3.63, 3.8) is 0 Å². The second kappa shape index (κ2) is 4.19. The molecule has 1 aromatic carbocycles. The first kappa shape index (κ1) is 11.4. The number of carbonyl (C=O) groups is 1. The molecule has 0 bridgehead atoms. The van der Waals surface area contributed by atoms with Gasteiger partial charge in [-0.3, -0.25) is 4.79 Å². The minimum Gasteiger partial charge on any atom is -0.441 e. The average molecular weight is 280 g/mol. The fourth-order valence-corrected chi connectivity index (χ4v) is 2.25. The van der Waals surface area contributed by atoms with Crippen molar-refractivity contribution in [3.05, 3.63) is 58.1 Å². The largest absolute Gasteiger partial charge is 0.441 e. The van der Waals surface area contributed by atoms with Crippen LogP contribution in [-0.4, -0.2) is 10.8 Å². The van der Waals surface area contributed by atoms with E-state index in [0.717, 1.165) is 10.9 Å². The number of benzene rings is 1. The average Bonchev–Trinajstić information content (AvgIpc) is 2.95. The van der Waals surface area contributed by atoms with Crippen molar-refractivity contribution in [2.45, 2.75) is 0 Å². The first-order chi connectivity index (χ1) is 8.66. The molecule has 0 radical (unpaired) electrons. The maximum atomic E-state index is 12.2. The molecule has 0 aliphatic carbocycles. The molecule has 2 aromatic heterocycles. The van der Waals surface area contributed by atoms with Gasteiger partial charge in [-0.25, -0.2) is 0 Å². The van der Waals surface area contributed by atoms with Crippen molar-refractivity contribution >= 4 is 39.9 Å². The van der Waals surface area contributed by atoms with Crippen LogP contribution in [0, 0.1) is 0 Å². The predicted octanol–water partition coefficient (Wildman–Crippen LogP) is 4.30. The standard InChI is InChI=1S/C13H7Cl2NO2/c14-9-3-1-2-7-8(6-16-12(7)9)13(17)10-4-5-11(15)18-10/h1-6,16H. The molecule has 0 saturated carbocycles. The Hall–Kier alpha value is -1.71. The number of rotatable bonds is 2. The van der Waals surface area contributed by atoms with Crippen LogP contribution < -0.4 is 0 Å². The van der Waals surface area contributed by atoms with Crippen LogP contribution in [0.4, 0.5) is 0 Å². The molecule has 5 heteroatoms. The molecule has 2 heterocycles. The second-order valence-corrected chi connectivity index (χ2v) is 4.58. The lowest BCUT2D eigenvalue weighted by molar-refractivity contribution is 0.101. The number of hydrogen-bond acceptors (Lipinski definition) is 2. The Morgan fingerprint density at radius 1 is 1.17 bits per heavy atom. The molecule has 0 fully saturated rings. The highest BCUT2D eigenvalue weighted by atomic mass is 35.5. The van der Waals surface area contributed by atoms with Gasteiger partial charge in [0, 0.05) is 11.6 Å². The van der Waals surface area contributed by atoms with Crippen molar-refractivity contribution in [1.29, 1.82) is 0 Å². The summed E-state index contributed by atoms with van der Waals surface area (Å²) in [5.74, 6) is -0.0173. The number of hydrogen-bond donors (Lipinski definition) is 1. The van der Waals surface area contributed by atoms with E-state index in [1.54, 1.807) is 24.4 Å². The van der Waals surface area contributed by atoms with Crippen LogP contribution in [0.1, 0.15) is 16.1 Å². The van der Waals surface area contributed by atoms with Gasteiger partial charge in [0.2, 0.25) is 5.78 Å². The highest BCUT2D eigenvalue weighted by Crippen LogP contribution is 2.27. The minimum absolute atomic E-state index is 0.191. The number of H-pyrrole nitrogens is 1. The summed E-state index contributed by atoms with van der Waals surface area (Å²) in [6, 6.07) is 8.48. The Bertz CT molecular complexity index is 742. The van der Waals surface area contributed by atoms with Gasteiger partial charge in [-0.2, -0.15) is 0 Å². The molecule has 0 unspecified atom stereocenters. The highest BCUT2D eigenvalue weighted by molar-refractivity contribution is 6.35. The molecule has 90 valence electrons. The molecular formula is C13H7Cl2NO2. The quantitative estimate of drug-likeness (QED) is 0.711. The molecule has 1 N–H and O–H groups in total. The zero-order valence-corrected chi connectivity index (χ0v) is 10.5.